The Morgan fingerprint density at radius 1 is 1.19 bits per heavy atom. The second kappa shape index (κ2) is 13.2. The van der Waals surface area contributed by atoms with E-state index >= 15 is 0 Å². The molecular weight excluding hydrogens is 472 g/mol. The van der Waals surface area contributed by atoms with Crippen molar-refractivity contribution < 1.29 is 4.74 Å². The van der Waals surface area contributed by atoms with Crippen molar-refractivity contribution in [3.63, 3.8) is 0 Å². The molecule has 0 bridgehead atoms. The van der Waals surface area contributed by atoms with Crippen LogP contribution in [0.5, 0.6) is 6.01 Å². The van der Waals surface area contributed by atoms with Crippen LogP contribution in [0.25, 0.3) is 0 Å². The molecule has 0 saturated carbocycles. The number of benzene rings is 1. The van der Waals surface area contributed by atoms with Crippen LogP contribution in [-0.4, -0.2) is 66.8 Å². The molecule has 2 aliphatic rings. The Hall–Kier alpha value is -2.40. The number of nitrogens with one attached hydrogen (secondary N) is 1. The molecule has 4 rings (SSSR count). The minimum absolute atomic E-state index is 0.147. The highest BCUT2D eigenvalue weighted by atomic mass is 35.5. The van der Waals surface area contributed by atoms with Gasteiger partial charge in [0.2, 0.25) is 0 Å². The number of hydrogen-bond donors (Lipinski definition) is 1. The highest BCUT2D eigenvalue weighted by molar-refractivity contribution is 6.31. The first kappa shape index (κ1) is 26.7. The van der Waals surface area contributed by atoms with Gasteiger partial charge in [0, 0.05) is 42.3 Å². The molecule has 2 fully saturated rings. The minimum atomic E-state index is 0.147. The molecule has 8 heteroatoms. The summed E-state index contributed by atoms with van der Waals surface area (Å²) in [4.78, 5) is 14.6. The maximum atomic E-state index is 9.24. The second-order valence-corrected chi connectivity index (χ2v) is 10.4. The number of rotatable bonds is 11. The molecule has 0 amide bonds. The van der Waals surface area contributed by atoms with Crippen LogP contribution in [-0.2, 0) is 19.3 Å². The van der Waals surface area contributed by atoms with Gasteiger partial charge in [0.25, 0.3) is 0 Å². The maximum absolute atomic E-state index is 9.24. The summed E-state index contributed by atoms with van der Waals surface area (Å²) in [7, 11) is 2.16. The third kappa shape index (κ3) is 6.88. The van der Waals surface area contributed by atoms with Gasteiger partial charge in [0.1, 0.15) is 12.4 Å². The first-order chi connectivity index (χ1) is 17.6. The van der Waals surface area contributed by atoms with Gasteiger partial charge in [-0.25, -0.2) is 0 Å². The molecule has 0 aliphatic carbocycles. The average molecular weight is 511 g/mol. The lowest BCUT2D eigenvalue weighted by molar-refractivity contribution is 0.187. The largest absolute Gasteiger partial charge is 0.462 e. The van der Waals surface area contributed by atoms with Crippen molar-refractivity contribution in [2.24, 2.45) is 0 Å². The summed E-state index contributed by atoms with van der Waals surface area (Å²) < 4.78 is 6.24. The number of aromatic nitrogens is 2. The van der Waals surface area contributed by atoms with Crippen molar-refractivity contribution >= 4 is 17.4 Å². The standard InChI is InChI=1S/C28H39ClN6O/c1-3-8-24-26(13-6-10-21-9-4-5-12-25(21)29)32-28(36-20-23-11-7-17-34(23)2)33-27(24)35-18-16-31-22(19-35)14-15-30/h4-5,9,12,22-23,31H,3,6-8,10-11,13-14,16-20H2,1-2H3. The Labute approximate surface area is 220 Å². The molecule has 2 aliphatic heterocycles. The van der Waals surface area contributed by atoms with Crippen LogP contribution < -0.4 is 15.0 Å². The fourth-order valence-corrected chi connectivity index (χ4v) is 5.54. The molecule has 194 valence electrons. The Kier molecular flexibility index (Phi) is 9.80. The van der Waals surface area contributed by atoms with Gasteiger partial charge in [-0.05, 0) is 63.7 Å². The molecule has 2 aromatic rings. The second-order valence-electron chi connectivity index (χ2n) is 10.00. The van der Waals surface area contributed by atoms with E-state index in [9.17, 15) is 5.26 Å². The highest BCUT2D eigenvalue weighted by Gasteiger charge is 2.26. The summed E-state index contributed by atoms with van der Waals surface area (Å²) >= 11 is 6.41. The van der Waals surface area contributed by atoms with Crippen LogP contribution in [0.3, 0.4) is 0 Å². The van der Waals surface area contributed by atoms with E-state index in [-0.39, 0.29) is 6.04 Å². The molecule has 0 radical (unpaired) electrons. The van der Waals surface area contributed by atoms with Gasteiger partial charge in [-0.3, -0.25) is 0 Å². The molecule has 7 nitrogen and oxygen atoms in total. The van der Waals surface area contributed by atoms with Crippen molar-refractivity contribution in [2.45, 2.75) is 70.4 Å². The predicted molar refractivity (Wildman–Crippen MR) is 145 cm³/mol. The smallest absolute Gasteiger partial charge is 0.318 e. The number of likely N-dealkylation sites (N-methyl/N-ethyl adjacent to an activating group) is 1. The fraction of sp³-hybridized carbons (Fsp3) is 0.607. The lowest BCUT2D eigenvalue weighted by Gasteiger charge is -2.35. The third-order valence-corrected chi connectivity index (χ3v) is 7.71. The van der Waals surface area contributed by atoms with Gasteiger partial charge in [-0.1, -0.05) is 43.1 Å². The minimum Gasteiger partial charge on any atom is -0.462 e. The first-order valence-corrected chi connectivity index (χ1v) is 13.8. The summed E-state index contributed by atoms with van der Waals surface area (Å²) in [6, 6.07) is 11.4. The zero-order valence-corrected chi connectivity index (χ0v) is 22.4. The zero-order valence-electron chi connectivity index (χ0n) is 21.7. The summed E-state index contributed by atoms with van der Waals surface area (Å²) in [6.07, 6.45) is 7.52. The van der Waals surface area contributed by atoms with Crippen LogP contribution in [0.1, 0.15) is 55.8 Å². The molecule has 1 aromatic heterocycles. The van der Waals surface area contributed by atoms with Gasteiger partial charge in [0.15, 0.2) is 0 Å². The van der Waals surface area contributed by atoms with Crippen molar-refractivity contribution in [1.29, 1.82) is 5.26 Å². The average Bonchev–Trinajstić information content (AvgIpc) is 3.30. The molecule has 3 heterocycles. The lowest BCUT2D eigenvalue weighted by Crippen LogP contribution is -2.51. The Balaban J connectivity index is 1.59. The van der Waals surface area contributed by atoms with E-state index in [2.05, 4.69) is 41.2 Å². The molecule has 2 atom stereocenters. The van der Waals surface area contributed by atoms with Gasteiger partial charge >= 0.3 is 6.01 Å². The number of piperazine rings is 1. The number of likely N-dealkylation sites (tertiary alicyclic amines) is 1. The van der Waals surface area contributed by atoms with E-state index in [0.717, 1.165) is 81.2 Å². The normalized spacial score (nSPS) is 20.4. The van der Waals surface area contributed by atoms with Gasteiger partial charge in [-0.2, -0.15) is 15.2 Å². The van der Waals surface area contributed by atoms with Crippen LogP contribution in [0.2, 0.25) is 5.02 Å². The molecule has 2 unspecified atom stereocenters. The topological polar surface area (TPSA) is 77.3 Å². The number of anilines is 1. The fourth-order valence-electron chi connectivity index (χ4n) is 5.31. The lowest BCUT2D eigenvalue weighted by atomic mass is 10.0. The van der Waals surface area contributed by atoms with E-state index in [1.165, 1.54) is 17.5 Å². The SMILES string of the molecule is CCCc1c(CCCc2ccccc2Cl)nc(OCC2CCCN2C)nc1N1CCNC(CC#N)C1. The van der Waals surface area contributed by atoms with Crippen molar-refractivity contribution in [3.8, 4) is 12.1 Å². The van der Waals surface area contributed by atoms with Crippen LogP contribution in [0.15, 0.2) is 24.3 Å². The van der Waals surface area contributed by atoms with Crippen molar-refractivity contribution in [3.05, 3.63) is 46.1 Å². The van der Waals surface area contributed by atoms with E-state index in [0.29, 0.717) is 25.1 Å². The third-order valence-electron chi connectivity index (χ3n) is 7.34. The van der Waals surface area contributed by atoms with E-state index in [1.807, 2.05) is 18.2 Å². The van der Waals surface area contributed by atoms with E-state index in [1.54, 1.807) is 0 Å². The summed E-state index contributed by atoms with van der Waals surface area (Å²) in [6.45, 7) is 6.40. The van der Waals surface area contributed by atoms with Crippen LogP contribution in [0, 0.1) is 11.3 Å². The molecule has 2 saturated heterocycles. The summed E-state index contributed by atoms with van der Waals surface area (Å²) in [5, 5.41) is 13.5. The van der Waals surface area contributed by atoms with E-state index < -0.39 is 0 Å². The molecule has 1 N–H and O–H groups in total. The number of nitriles is 1. The monoisotopic (exact) mass is 510 g/mol. The number of nitrogens with zero attached hydrogens (tertiary/aromatic N) is 5. The van der Waals surface area contributed by atoms with Crippen LogP contribution in [0.4, 0.5) is 5.82 Å². The number of aryl methyl sites for hydroxylation is 2. The van der Waals surface area contributed by atoms with Gasteiger partial charge < -0.3 is 19.9 Å². The van der Waals surface area contributed by atoms with Crippen LogP contribution >= 0.6 is 11.6 Å². The zero-order chi connectivity index (χ0) is 25.3. The molecule has 0 spiro atoms. The molecular formula is C28H39ClN6O. The Bertz CT molecular complexity index is 1040. The summed E-state index contributed by atoms with van der Waals surface area (Å²) in [5.74, 6) is 0.985. The molecule has 36 heavy (non-hydrogen) atoms. The van der Waals surface area contributed by atoms with Gasteiger partial charge in [0.05, 0.1) is 18.2 Å². The Morgan fingerprint density at radius 2 is 2.06 bits per heavy atom. The quantitative estimate of drug-likeness (QED) is 0.479. The van der Waals surface area contributed by atoms with Crippen molar-refractivity contribution in [2.75, 3.05) is 44.7 Å². The summed E-state index contributed by atoms with van der Waals surface area (Å²) in [5.41, 5.74) is 3.48. The first-order valence-electron chi connectivity index (χ1n) is 13.4. The van der Waals surface area contributed by atoms with Gasteiger partial charge in [-0.15, -0.1) is 0 Å². The highest BCUT2D eigenvalue weighted by Crippen LogP contribution is 2.28. The number of ether oxygens (including phenoxy) is 1. The van der Waals surface area contributed by atoms with E-state index in [4.69, 9.17) is 26.3 Å². The predicted octanol–water partition coefficient (Wildman–Crippen LogP) is 4.42. The number of hydrogen-bond acceptors (Lipinski definition) is 7. The molecule has 1 aromatic carbocycles. The Morgan fingerprint density at radius 3 is 2.81 bits per heavy atom. The maximum Gasteiger partial charge on any atom is 0.318 e. The van der Waals surface area contributed by atoms with Crippen molar-refractivity contribution in [1.82, 2.24) is 20.2 Å². The number of halogens is 1.